The number of amides is 2. The highest BCUT2D eigenvalue weighted by Crippen LogP contribution is 2.16. The van der Waals surface area contributed by atoms with Crippen LogP contribution in [0.5, 0.6) is 5.75 Å². The van der Waals surface area contributed by atoms with Crippen molar-refractivity contribution >= 4 is 21.8 Å². The van der Waals surface area contributed by atoms with E-state index in [1.165, 1.54) is 50.6 Å². The average Bonchev–Trinajstić information content (AvgIpc) is 2.72. The summed E-state index contributed by atoms with van der Waals surface area (Å²) in [7, 11) is -1.36. The molecular formula is C19H23N3O6S. The molecule has 0 aliphatic heterocycles. The van der Waals surface area contributed by atoms with Crippen molar-refractivity contribution in [2.24, 2.45) is 0 Å². The fourth-order valence-corrected chi connectivity index (χ4v) is 3.41. The molecular weight excluding hydrogens is 398 g/mol. The van der Waals surface area contributed by atoms with Gasteiger partial charge in [0, 0.05) is 31.3 Å². The Balaban J connectivity index is 1.84. The largest absolute Gasteiger partial charge is 0.508 e. The topological polar surface area (TPSA) is 125 Å². The smallest absolute Gasteiger partial charge is 0.264 e. The SMILES string of the molecule is CON(C)S(=O)(=O)c1cccc(C(=O)NCCCNC(=O)c2cccc(O)c2)c1. The lowest BCUT2D eigenvalue weighted by Gasteiger charge is -2.14. The lowest BCUT2D eigenvalue weighted by atomic mass is 10.2. The Hall–Kier alpha value is -2.95. The second kappa shape index (κ2) is 10.0. The van der Waals surface area contributed by atoms with Gasteiger partial charge in [-0.05, 0) is 42.8 Å². The van der Waals surface area contributed by atoms with Crippen molar-refractivity contribution in [1.29, 1.82) is 0 Å². The molecule has 0 unspecified atom stereocenters. The number of benzene rings is 2. The molecule has 3 N–H and O–H groups in total. The van der Waals surface area contributed by atoms with E-state index < -0.39 is 15.9 Å². The zero-order chi connectivity index (χ0) is 21.4. The van der Waals surface area contributed by atoms with Gasteiger partial charge >= 0.3 is 0 Å². The van der Waals surface area contributed by atoms with E-state index >= 15 is 0 Å². The number of nitrogens with zero attached hydrogens (tertiary/aromatic N) is 1. The molecule has 0 saturated heterocycles. The molecule has 0 heterocycles. The van der Waals surface area contributed by atoms with Gasteiger partial charge in [-0.25, -0.2) is 8.42 Å². The van der Waals surface area contributed by atoms with Gasteiger partial charge in [-0.2, -0.15) is 0 Å². The fraction of sp³-hybridized carbons (Fsp3) is 0.263. The maximum atomic E-state index is 12.3. The molecule has 0 aliphatic carbocycles. The second-order valence-electron chi connectivity index (χ2n) is 6.04. The second-order valence-corrected chi connectivity index (χ2v) is 7.98. The summed E-state index contributed by atoms with van der Waals surface area (Å²) in [6.45, 7) is 0.607. The molecule has 0 radical (unpaired) electrons. The molecule has 2 rings (SSSR count). The number of carbonyl (C=O) groups is 2. The van der Waals surface area contributed by atoms with Gasteiger partial charge in [0.25, 0.3) is 21.8 Å². The third-order valence-electron chi connectivity index (χ3n) is 4.02. The molecule has 0 fully saturated rings. The minimum absolute atomic E-state index is 0.00542. The highest BCUT2D eigenvalue weighted by Gasteiger charge is 2.21. The van der Waals surface area contributed by atoms with Gasteiger partial charge in [-0.3, -0.25) is 14.4 Å². The van der Waals surface area contributed by atoms with E-state index in [1.807, 2.05) is 0 Å². The van der Waals surface area contributed by atoms with Crippen molar-refractivity contribution in [3.63, 3.8) is 0 Å². The zero-order valence-corrected chi connectivity index (χ0v) is 16.9. The van der Waals surface area contributed by atoms with Gasteiger partial charge in [0.15, 0.2) is 0 Å². The quantitative estimate of drug-likeness (QED) is 0.412. The average molecular weight is 421 g/mol. The molecule has 10 heteroatoms. The molecule has 0 spiro atoms. The Kier molecular flexibility index (Phi) is 7.71. The van der Waals surface area contributed by atoms with Gasteiger partial charge in [-0.15, -0.1) is 0 Å². The number of hydrogen-bond acceptors (Lipinski definition) is 6. The summed E-state index contributed by atoms with van der Waals surface area (Å²) >= 11 is 0. The van der Waals surface area contributed by atoms with Crippen molar-refractivity contribution in [2.45, 2.75) is 11.3 Å². The van der Waals surface area contributed by atoms with Crippen LogP contribution in [0.25, 0.3) is 0 Å². The number of carbonyl (C=O) groups excluding carboxylic acids is 2. The Bertz CT molecular complexity index is 977. The van der Waals surface area contributed by atoms with Gasteiger partial charge in [0.05, 0.1) is 12.0 Å². The Morgan fingerprint density at radius 2 is 1.55 bits per heavy atom. The Labute approximate surface area is 169 Å². The van der Waals surface area contributed by atoms with E-state index in [-0.39, 0.29) is 28.7 Å². The number of phenols is 1. The van der Waals surface area contributed by atoms with Crippen molar-refractivity contribution < 1.29 is 28.0 Å². The minimum Gasteiger partial charge on any atom is -0.508 e. The van der Waals surface area contributed by atoms with E-state index in [2.05, 4.69) is 10.6 Å². The van der Waals surface area contributed by atoms with Crippen LogP contribution in [0.3, 0.4) is 0 Å². The first kappa shape index (κ1) is 22.3. The molecule has 156 valence electrons. The third-order valence-corrected chi connectivity index (χ3v) is 5.70. The van der Waals surface area contributed by atoms with E-state index in [1.54, 1.807) is 12.1 Å². The number of phenolic OH excluding ortho intramolecular Hbond substituents is 1. The number of hydroxylamine groups is 1. The molecule has 2 aromatic carbocycles. The summed E-state index contributed by atoms with van der Waals surface area (Å²) < 4.78 is 25.2. The molecule has 0 aromatic heterocycles. The molecule has 9 nitrogen and oxygen atoms in total. The summed E-state index contributed by atoms with van der Waals surface area (Å²) in [4.78, 5) is 28.9. The predicted octanol–water partition coefficient (Wildman–Crippen LogP) is 1.12. The molecule has 29 heavy (non-hydrogen) atoms. The Morgan fingerprint density at radius 3 is 2.10 bits per heavy atom. The molecule has 0 aliphatic rings. The summed E-state index contributed by atoms with van der Waals surface area (Å²) in [6.07, 6.45) is 0.473. The van der Waals surface area contributed by atoms with Crippen molar-refractivity contribution in [2.75, 3.05) is 27.2 Å². The number of aromatic hydroxyl groups is 1. The number of rotatable bonds is 9. The van der Waals surface area contributed by atoms with E-state index in [0.717, 1.165) is 0 Å². The Morgan fingerprint density at radius 1 is 1.00 bits per heavy atom. The minimum atomic E-state index is -3.85. The van der Waals surface area contributed by atoms with Crippen LogP contribution in [-0.2, 0) is 14.9 Å². The van der Waals surface area contributed by atoms with Crippen LogP contribution in [0.15, 0.2) is 53.4 Å². The van der Waals surface area contributed by atoms with E-state index in [9.17, 15) is 23.1 Å². The van der Waals surface area contributed by atoms with Gasteiger partial charge in [0.1, 0.15) is 5.75 Å². The van der Waals surface area contributed by atoms with Crippen LogP contribution >= 0.6 is 0 Å². The third kappa shape index (κ3) is 6.01. The van der Waals surface area contributed by atoms with Crippen LogP contribution in [0.2, 0.25) is 0 Å². The van der Waals surface area contributed by atoms with Gasteiger partial charge < -0.3 is 15.7 Å². The number of sulfonamides is 1. The standard InChI is InChI=1S/C19H23N3O6S/c1-22(28-2)29(26,27)17-9-4-7-15(13-17)19(25)21-11-5-10-20-18(24)14-6-3-8-16(23)12-14/h3-4,6-9,12-13,23H,5,10-11H2,1-2H3,(H,20,24)(H,21,25). The summed E-state index contributed by atoms with van der Waals surface area (Å²) in [5.74, 6) is -0.750. The first-order chi connectivity index (χ1) is 13.8. The first-order valence-corrected chi connectivity index (χ1v) is 10.2. The van der Waals surface area contributed by atoms with E-state index in [4.69, 9.17) is 4.84 Å². The van der Waals surface area contributed by atoms with Gasteiger partial charge in [0.2, 0.25) is 0 Å². The highest BCUT2D eigenvalue weighted by molar-refractivity contribution is 7.89. The maximum Gasteiger partial charge on any atom is 0.264 e. The zero-order valence-electron chi connectivity index (χ0n) is 16.1. The van der Waals surface area contributed by atoms with E-state index in [0.29, 0.717) is 23.0 Å². The lowest BCUT2D eigenvalue weighted by Crippen LogP contribution is -2.30. The summed E-state index contributed by atoms with van der Waals surface area (Å²) in [6, 6.07) is 11.6. The lowest BCUT2D eigenvalue weighted by molar-refractivity contribution is -0.0258. The van der Waals surface area contributed by atoms with Crippen molar-refractivity contribution in [3.8, 4) is 5.75 Å². The van der Waals surface area contributed by atoms with Crippen LogP contribution in [0.1, 0.15) is 27.1 Å². The van der Waals surface area contributed by atoms with Crippen LogP contribution in [0, 0.1) is 0 Å². The van der Waals surface area contributed by atoms with Gasteiger partial charge in [-0.1, -0.05) is 16.6 Å². The first-order valence-electron chi connectivity index (χ1n) is 8.74. The molecule has 0 atom stereocenters. The van der Waals surface area contributed by atoms with Crippen molar-refractivity contribution in [3.05, 3.63) is 59.7 Å². The molecule has 2 aromatic rings. The molecule has 0 saturated carbocycles. The van der Waals surface area contributed by atoms with Crippen LogP contribution in [0.4, 0.5) is 0 Å². The normalized spacial score (nSPS) is 11.3. The number of hydrogen-bond donors (Lipinski definition) is 3. The maximum absolute atomic E-state index is 12.3. The highest BCUT2D eigenvalue weighted by atomic mass is 32.2. The monoisotopic (exact) mass is 421 g/mol. The predicted molar refractivity (Wildman–Crippen MR) is 106 cm³/mol. The van der Waals surface area contributed by atoms with Crippen LogP contribution in [-0.4, -0.2) is 57.1 Å². The van der Waals surface area contributed by atoms with Crippen LogP contribution < -0.4 is 10.6 Å². The fourth-order valence-electron chi connectivity index (χ4n) is 2.39. The molecule has 0 bridgehead atoms. The molecule has 2 amide bonds. The number of nitrogens with one attached hydrogen (secondary N) is 2. The summed E-state index contributed by atoms with van der Waals surface area (Å²) in [5.41, 5.74) is 0.535. The summed E-state index contributed by atoms with van der Waals surface area (Å²) in [5, 5.41) is 14.7. The van der Waals surface area contributed by atoms with Crippen molar-refractivity contribution in [1.82, 2.24) is 15.1 Å².